The molecule has 0 aliphatic rings. The standard InChI is InChI=1S/C17H16ClNO4/c1-12(23-15-8-3-2-4-9-15)17(21)22-11-16(20)19-14-7-5-6-13(18)10-14/h2-10,12H,11H2,1H3,(H,19,20)/t12-/m1/s1. The highest BCUT2D eigenvalue weighted by atomic mass is 35.5. The first-order valence-electron chi connectivity index (χ1n) is 6.98. The first-order chi connectivity index (χ1) is 11.0. The molecule has 0 aliphatic heterocycles. The summed E-state index contributed by atoms with van der Waals surface area (Å²) >= 11 is 5.82. The van der Waals surface area contributed by atoms with E-state index in [1.807, 2.05) is 6.07 Å². The van der Waals surface area contributed by atoms with Crippen LogP contribution in [0.3, 0.4) is 0 Å². The molecule has 0 saturated heterocycles. The van der Waals surface area contributed by atoms with Gasteiger partial charge < -0.3 is 14.8 Å². The van der Waals surface area contributed by atoms with Crippen molar-refractivity contribution >= 4 is 29.2 Å². The number of hydrogen-bond acceptors (Lipinski definition) is 4. The Morgan fingerprint density at radius 3 is 2.57 bits per heavy atom. The van der Waals surface area contributed by atoms with E-state index in [1.165, 1.54) is 0 Å². The van der Waals surface area contributed by atoms with E-state index in [-0.39, 0.29) is 0 Å². The molecule has 120 valence electrons. The largest absolute Gasteiger partial charge is 0.479 e. The lowest BCUT2D eigenvalue weighted by molar-refractivity contribution is -0.153. The SMILES string of the molecule is C[C@@H](Oc1ccccc1)C(=O)OCC(=O)Nc1cccc(Cl)c1. The molecule has 0 fully saturated rings. The molecule has 1 atom stereocenters. The van der Waals surface area contributed by atoms with Gasteiger partial charge >= 0.3 is 5.97 Å². The van der Waals surface area contributed by atoms with Crippen LogP contribution in [-0.4, -0.2) is 24.6 Å². The summed E-state index contributed by atoms with van der Waals surface area (Å²) in [5.41, 5.74) is 0.534. The van der Waals surface area contributed by atoms with Gasteiger partial charge in [0.05, 0.1) is 0 Å². The molecule has 2 aromatic carbocycles. The van der Waals surface area contributed by atoms with E-state index in [0.717, 1.165) is 0 Å². The fraction of sp³-hybridized carbons (Fsp3) is 0.176. The zero-order valence-corrected chi connectivity index (χ0v) is 13.2. The van der Waals surface area contributed by atoms with Crippen molar-refractivity contribution in [2.45, 2.75) is 13.0 Å². The minimum Gasteiger partial charge on any atom is -0.479 e. The van der Waals surface area contributed by atoms with Crippen LogP contribution in [0.1, 0.15) is 6.92 Å². The molecule has 1 N–H and O–H groups in total. The maximum Gasteiger partial charge on any atom is 0.347 e. The maximum absolute atomic E-state index is 11.8. The van der Waals surface area contributed by atoms with Gasteiger partial charge in [0.15, 0.2) is 12.7 Å². The Balaban J connectivity index is 1.78. The van der Waals surface area contributed by atoms with Crippen molar-refractivity contribution in [2.24, 2.45) is 0 Å². The smallest absolute Gasteiger partial charge is 0.347 e. The predicted octanol–water partition coefficient (Wildman–Crippen LogP) is 3.29. The third-order valence-corrected chi connectivity index (χ3v) is 3.08. The molecule has 5 nitrogen and oxygen atoms in total. The Morgan fingerprint density at radius 1 is 1.13 bits per heavy atom. The Hall–Kier alpha value is -2.53. The average Bonchev–Trinajstić information content (AvgIpc) is 2.53. The van der Waals surface area contributed by atoms with Gasteiger partial charge in [-0.2, -0.15) is 0 Å². The van der Waals surface area contributed by atoms with Crippen LogP contribution in [0, 0.1) is 0 Å². The molecule has 0 aromatic heterocycles. The predicted molar refractivity (Wildman–Crippen MR) is 87.6 cm³/mol. The van der Waals surface area contributed by atoms with E-state index in [4.69, 9.17) is 21.1 Å². The Labute approximate surface area is 139 Å². The number of hydrogen-bond donors (Lipinski definition) is 1. The maximum atomic E-state index is 11.8. The van der Waals surface area contributed by atoms with E-state index >= 15 is 0 Å². The number of rotatable bonds is 6. The third-order valence-electron chi connectivity index (χ3n) is 2.84. The number of nitrogens with one attached hydrogen (secondary N) is 1. The van der Waals surface area contributed by atoms with E-state index < -0.39 is 24.6 Å². The van der Waals surface area contributed by atoms with Gasteiger partial charge in [0.25, 0.3) is 5.91 Å². The monoisotopic (exact) mass is 333 g/mol. The highest BCUT2D eigenvalue weighted by Gasteiger charge is 2.17. The highest BCUT2D eigenvalue weighted by Crippen LogP contribution is 2.15. The van der Waals surface area contributed by atoms with Gasteiger partial charge in [-0.05, 0) is 37.3 Å². The van der Waals surface area contributed by atoms with E-state index in [0.29, 0.717) is 16.5 Å². The topological polar surface area (TPSA) is 64.6 Å². The lowest BCUT2D eigenvalue weighted by atomic mass is 10.3. The first kappa shape index (κ1) is 16.8. The van der Waals surface area contributed by atoms with Crippen LogP contribution in [0.25, 0.3) is 0 Å². The van der Waals surface area contributed by atoms with Crippen molar-refractivity contribution in [2.75, 3.05) is 11.9 Å². The molecule has 2 rings (SSSR count). The Kier molecular flexibility index (Phi) is 6.00. The molecule has 0 heterocycles. The van der Waals surface area contributed by atoms with E-state index in [9.17, 15) is 9.59 Å². The summed E-state index contributed by atoms with van der Waals surface area (Å²) in [5, 5.41) is 3.09. The molecular weight excluding hydrogens is 318 g/mol. The number of anilines is 1. The van der Waals surface area contributed by atoms with Gasteiger partial charge in [-0.25, -0.2) is 4.79 Å². The normalized spacial score (nSPS) is 11.4. The zero-order valence-electron chi connectivity index (χ0n) is 12.5. The van der Waals surface area contributed by atoms with Crippen LogP contribution in [0.5, 0.6) is 5.75 Å². The fourth-order valence-electron chi connectivity index (χ4n) is 1.77. The van der Waals surface area contributed by atoms with Crippen LogP contribution < -0.4 is 10.1 Å². The van der Waals surface area contributed by atoms with Gasteiger partial charge in [0.1, 0.15) is 5.75 Å². The molecular formula is C17H16ClNO4. The quantitative estimate of drug-likeness (QED) is 0.824. The number of para-hydroxylation sites is 1. The summed E-state index contributed by atoms with van der Waals surface area (Å²) < 4.78 is 10.4. The summed E-state index contributed by atoms with van der Waals surface area (Å²) in [6.07, 6.45) is -0.809. The Bertz CT molecular complexity index is 675. The number of carbonyl (C=O) groups excluding carboxylic acids is 2. The summed E-state index contributed by atoms with van der Waals surface area (Å²) in [4.78, 5) is 23.5. The van der Waals surface area contributed by atoms with Crippen LogP contribution >= 0.6 is 11.6 Å². The van der Waals surface area contributed by atoms with Crippen LogP contribution in [0.2, 0.25) is 5.02 Å². The van der Waals surface area contributed by atoms with Gasteiger partial charge in [0.2, 0.25) is 0 Å². The molecule has 0 saturated carbocycles. The molecule has 6 heteroatoms. The van der Waals surface area contributed by atoms with Crippen molar-refractivity contribution in [3.63, 3.8) is 0 Å². The molecule has 0 unspecified atom stereocenters. The number of halogens is 1. The van der Waals surface area contributed by atoms with E-state index in [1.54, 1.807) is 55.5 Å². The zero-order chi connectivity index (χ0) is 16.7. The molecule has 0 bridgehead atoms. The minimum absolute atomic E-state index is 0.395. The Morgan fingerprint density at radius 2 is 1.87 bits per heavy atom. The van der Waals surface area contributed by atoms with Crippen molar-refractivity contribution in [3.05, 3.63) is 59.6 Å². The molecule has 0 radical (unpaired) electrons. The second-order valence-corrected chi connectivity index (χ2v) is 5.18. The van der Waals surface area contributed by atoms with Gasteiger partial charge in [-0.15, -0.1) is 0 Å². The van der Waals surface area contributed by atoms with Crippen LogP contribution in [0.15, 0.2) is 54.6 Å². The number of amides is 1. The third kappa shape index (κ3) is 5.64. The second kappa shape index (κ2) is 8.19. The summed E-state index contributed by atoms with van der Waals surface area (Å²) in [6, 6.07) is 15.6. The van der Waals surface area contributed by atoms with Crippen LogP contribution in [0.4, 0.5) is 5.69 Å². The van der Waals surface area contributed by atoms with Crippen molar-refractivity contribution in [3.8, 4) is 5.75 Å². The number of ether oxygens (including phenoxy) is 2. The second-order valence-electron chi connectivity index (χ2n) is 4.74. The number of esters is 1. The summed E-state index contributed by atoms with van der Waals surface area (Å²) in [6.45, 7) is 1.16. The van der Waals surface area contributed by atoms with Gasteiger partial charge in [-0.3, -0.25) is 4.79 Å². The lowest BCUT2D eigenvalue weighted by Gasteiger charge is -2.13. The van der Waals surface area contributed by atoms with Crippen molar-refractivity contribution < 1.29 is 19.1 Å². The van der Waals surface area contributed by atoms with E-state index in [2.05, 4.69) is 5.32 Å². The average molecular weight is 334 g/mol. The molecule has 23 heavy (non-hydrogen) atoms. The lowest BCUT2D eigenvalue weighted by Crippen LogP contribution is -2.29. The molecule has 0 aliphatic carbocycles. The summed E-state index contributed by atoms with van der Waals surface area (Å²) in [5.74, 6) is -0.511. The number of benzene rings is 2. The number of carbonyl (C=O) groups is 2. The molecule has 2 aromatic rings. The van der Waals surface area contributed by atoms with Crippen LogP contribution in [-0.2, 0) is 14.3 Å². The molecule has 1 amide bonds. The summed E-state index contributed by atoms with van der Waals surface area (Å²) in [7, 11) is 0. The highest BCUT2D eigenvalue weighted by molar-refractivity contribution is 6.30. The van der Waals surface area contributed by atoms with Gasteiger partial charge in [-0.1, -0.05) is 35.9 Å². The molecule has 0 spiro atoms. The first-order valence-corrected chi connectivity index (χ1v) is 7.36. The minimum atomic E-state index is -0.809. The van der Waals surface area contributed by atoms with Gasteiger partial charge in [0, 0.05) is 10.7 Å². The van der Waals surface area contributed by atoms with Crippen molar-refractivity contribution in [1.29, 1.82) is 0 Å². The fourth-order valence-corrected chi connectivity index (χ4v) is 1.96. The van der Waals surface area contributed by atoms with Crippen molar-refractivity contribution in [1.82, 2.24) is 0 Å².